The van der Waals surface area contributed by atoms with E-state index in [-0.39, 0.29) is 5.92 Å². The molecule has 2 saturated heterocycles. The van der Waals surface area contributed by atoms with Crippen molar-refractivity contribution in [1.29, 1.82) is 0 Å². The Morgan fingerprint density at radius 2 is 2.04 bits per heavy atom. The summed E-state index contributed by atoms with van der Waals surface area (Å²) < 4.78 is 0. The fourth-order valence-corrected chi connectivity index (χ4v) is 5.58. The van der Waals surface area contributed by atoms with Gasteiger partial charge in [0.15, 0.2) is 0 Å². The third kappa shape index (κ3) is 2.77. The molecule has 2 atom stereocenters. The molecule has 0 aliphatic carbocycles. The highest BCUT2D eigenvalue weighted by atomic mass is 32.1. The predicted molar refractivity (Wildman–Crippen MR) is 110 cm³/mol. The highest BCUT2D eigenvalue weighted by Crippen LogP contribution is 2.45. The van der Waals surface area contributed by atoms with Gasteiger partial charge in [-0.2, -0.15) is 0 Å². The fourth-order valence-electron chi connectivity index (χ4n) is 4.78. The number of fused-ring (bicyclic) bond motifs is 2. The number of anilines is 1. The molecule has 1 aromatic carbocycles. The van der Waals surface area contributed by atoms with Crippen LogP contribution in [-0.4, -0.2) is 52.1 Å². The highest BCUT2D eigenvalue weighted by molar-refractivity contribution is 7.16. The molecule has 2 fully saturated rings. The Balaban J connectivity index is 1.43. The minimum Gasteiger partial charge on any atom is -0.481 e. The van der Waals surface area contributed by atoms with Crippen molar-refractivity contribution in [2.24, 2.45) is 11.3 Å². The van der Waals surface area contributed by atoms with Gasteiger partial charge in [-0.3, -0.25) is 9.69 Å². The largest absolute Gasteiger partial charge is 0.481 e. The SMILES string of the molecule is Cc1nc(N2C[C@H]3CN(Cc4ccccc4)C[C@@]3(C(=O)O)C2)c2ccsc2n1. The molecule has 0 unspecified atom stereocenters. The molecule has 7 heteroatoms. The van der Waals surface area contributed by atoms with Crippen LogP contribution in [0.1, 0.15) is 11.4 Å². The number of likely N-dealkylation sites (tertiary alicyclic amines) is 1. The number of hydrogen-bond acceptors (Lipinski definition) is 6. The Morgan fingerprint density at radius 3 is 2.79 bits per heavy atom. The first-order valence-corrected chi connectivity index (χ1v) is 10.4. The molecule has 2 aliphatic rings. The standard InChI is InChI=1S/C21H22N4O2S/c1-14-22-18(17-7-8-28-19(17)23-14)25-11-16-10-24(9-15-5-3-2-4-6-15)12-21(16,13-25)20(26)27/h2-8,16H,9-13H2,1H3,(H,26,27)/t16-,21-/m1/s1. The van der Waals surface area contributed by atoms with Crippen LogP contribution in [0.2, 0.25) is 0 Å². The molecule has 4 heterocycles. The average Bonchev–Trinajstić information content (AvgIpc) is 3.34. The van der Waals surface area contributed by atoms with Crippen molar-refractivity contribution in [1.82, 2.24) is 14.9 Å². The van der Waals surface area contributed by atoms with Crippen LogP contribution in [-0.2, 0) is 11.3 Å². The Hall–Kier alpha value is -2.51. The molecule has 0 radical (unpaired) electrons. The number of aryl methyl sites for hydroxylation is 1. The van der Waals surface area contributed by atoms with E-state index in [0.717, 1.165) is 41.5 Å². The normalized spacial score (nSPS) is 24.8. The van der Waals surface area contributed by atoms with Gasteiger partial charge in [0.1, 0.15) is 21.9 Å². The van der Waals surface area contributed by atoms with E-state index < -0.39 is 11.4 Å². The summed E-state index contributed by atoms with van der Waals surface area (Å²) in [7, 11) is 0. The van der Waals surface area contributed by atoms with Crippen molar-refractivity contribution in [3.05, 3.63) is 53.2 Å². The molecule has 2 aromatic heterocycles. The van der Waals surface area contributed by atoms with E-state index in [1.54, 1.807) is 11.3 Å². The molecule has 0 saturated carbocycles. The number of benzene rings is 1. The van der Waals surface area contributed by atoms with Crippen LogP contribution in [0, 0.1) is 18.3 Å². The number of hydrogen-bond donors (Lipinski definition) is 1. The van der Waals surface area contributed by atoms with Crippen LogP contribution >= 0.6 is 11.3 Å². The predicted octanol–water partition coefficient (Wildman–Crippen LogP) is 3.02. The maximum absolute atomic E-state index is 12.4. The van der Waals surface area contributed by atoms with Gasteiger partial charge in [-0.05, 0) is 23.9 Å². The lowest BCUT2D eigenvalue weighted by molar-refractivity contribution is -0.148. The molecule has 6 nitrogen and oxygen atoms in total. The number of carboxylic acids is 1. The molecule has 2 aliphatic heterocycles. The zero-order chi connectivity index (χ0) is 19.3. The van der Waals surface area contributed by atoms with Crippen molar-refractivity contribution < 1.29 is 9.90 Å². The van der Waals surface area contributed by atoms with Gasteiger partial charge in [0.2, 0.25) is 0 Å². The molecule has 3 aromatic rings. The third-order valence-corrected chi connectivity index (χ3v) is 6.88. The molecule has 144 valence electrons. The Kier molecular flexibility index (Phi) is 4.10. The van der Waals surface area contributed by atoms with Crippen molar-refractivity contribution in [3.8, 4) is 0 Å². The summed E-state index contributed by atoms with van der Waals surface area (Å²) >= 11 is 1.60. The Bertz CT molecular complexity index is 1040. The average molecular weight is 395 g/mol. The molecule has 0 bridgehead atoms. The Morgan fingerprint density at radius 1 is 1.21 bits per heavy atom. The number of rotatable bonds is 4. The van der Waals surface area contributed by atoms with Crippen molar-refractivity contribution in [3.63, 3.8) is 0 Å². The van der Waals surface area contributed by atoms with Crippen LogP contribution in [0.15, 0.2) is 41.8 Å². The van der Waals surface area contributed by atoms with Gasteiger partial charge in [-0.15, -0.1) is 11.3 Å². The first-order chi connectivity index (χ1) is 13.5. The molecule has 0 amide bonds. The van der Waals surface area contributed by atoms with Crippen LogP contribution in [0.3, 0.4) is 0 Å². The number of carbonyl (C=O) groups is 1. The number of nitrogens with zero attached hydrogens (tertiary/aromatic N) is 4. The van der Waals surface area contributed by atoms with E-state index in [1.807, 2.05) is 36.6 Å². The number of thiophene rings is 1. The minimum atomic E-state index is -0.740. The van der Waals surface area contributed by atoms with E-state index in [4.69, 9.17) is 0 Å². The van der Waals surface area contributed by atoms with Crippen LogP contribution < -0.4 is 4.90 Å². The van der Waals surface area contributed by atoms with E-state index in [1.165, 1.54) is 5.56 Å². The molecule has 1 N–H and O–H groups in total. The van der Waals surface area contributed by atoms with Crippen molar-refractivity contribution in [2.75, 3.05) is 31.1 Å². The van der Waals surface area contributed by atoms with E-state index in [9.17, 15) is 9.90 Å². The first-order valence-electron chi connectivity index (χ1n) is 9.52. The molecule has 28 heavy (non-hydrogen) atoms. The van der Waals surface area contributed by atoms with Crippen molar-refractivity contribution in [2.45, 2.75) is 13.5 Å². The number of aromatic nitrogens is 2. The molecule has 5 rings (SSSR count). The van der Waals surface area contributed by atoms with Crippen LogP contribution in [0.25, 0.3) is 10.2 Å². The van der Waals surface area contributed by atoms with Gasteiger partial charge in [-0.25, -0.2) is 9.97 Å². The summed E-state index contributed by atoms with van der Waals surface area (Å²) in [5.74, 6) is 1.02. The lowest BCUT2D eigenvalue weighted by Crippen LogP contribution is -2.41. The molecule has 0 spiro atoms. The minimum absolute atomic E-state index is 0.0951. The van der Waals surface area contributed by atoms with E-state index >= 15 is 0 Å². The summed E-state index contributed by atoms with van der Waals surface area (Å²) in [6, 6.07) is 12.3. The van der Waals surface area contributed by atoms with Gasteiger partial charge in [0.05, 0.1) is 5.39 Å². The zero-order valence-corrected chi connectivity index (χ0v) is 16.5. The first kappa shape index (κ1) is 17.6. The number of carboxylic acid groups (broad SMARTS) is 1. The van der Waals surface area contributed by atoms with Gasteiger partial charge in [0.25, 0.3) is 0 Å². The monoisotopic (exact) mass is 394 g/mol. The lowest BCUT2D eigenvalue weighted by atomic mass is 9.81. The summed E-state index contributed by atoms with van der Waals surface area (Å²) in [4.78, 5) is 27.0. The molecular formula is C21H22N4O2S. The van der Waals surface area contributed by atoms with Crippen LogP contribution in [0.4, 0.5) is 5.82 Å². The quantitative estimate of drug-likeness (QED) is 0.734. The van der Waals surface area contributed by atoms with Gasteiger partial charge < -0.3 is 10.0 Å². The smallest absolute Gasteiger partial charge is 0.313 e. The highest BCUT2D eigenvalue weighted by Gasteiger charge is 2.57. The summed E-state index contributed by atoms with van der Waals surface area (Å²) in [6.07, 6.45) is 0. The van der Waals surface area contributed by atoms with E-state index in [0.29, 0.717) is 13.1 Å². The van der Waals surface area contributed by atoms with Gasteiger partial charge in [-0.1, -0.05) is 30.3 Å². The number of aliphatic carboxylic acids is 1. The molecular weight excluding hydrogens is 372 g/mol. The fraction of sp³-hybridized carbons (Fsp3) is 0.381. The van der Waals surface area contributed by atoms with E-state index in [2.05, 4.69) is 31.9 Å². The second kappa shape index (κ2) is 6.53. The lowest BCUT2D eigenvalue weighted by Gasteiger charge is -2.26. The second-order valence-electron chi connectivity index (χ2n) is 7.93. The maximum Gasteiger partial charge on any atom is 0.313 e. The maximum atomic E-state index is 12.4. The summed E-state index contributed by atoms with van der Waals surface area (Å²) in [5.41, 5.74) is 0.488. The summed E-state index contributed by atoms with van der Waals surface area (Å²) in [5, 5.41) is 13.2. The zero-order valence-electron chi connectivity index (χ0n) is 15.7. The van der Waals surface area contributed by atoms with Crippen molar-refractivity contribution >= 4 is 33.3 Å². The summed E-state index contributed by atoms with van der Waals surface area (Å²) in [6.45, 7) is 5.30. The van der Waals surface area contributed by atoms with Gasteiger partial charge >= 0.3 is 5.97 Å². The second-order valence-corrected chi connectivity index (χ2v) is 8.82. The topological polar surface area (TPSA) is 69.6 Å². The van der Waals surface area contributed by atoms with Crippen LogP contribution in [0.5, 0.6) is 0 Å². The van der Waals surface area contributed by atoms with Gasteiger partial charge in [0, 0.05) is 38.6 Å². The third-order valence-electron chi connectivity index (χ3n) is 6.07. The Labute approximate surface area is 167 Å².